The third kappa shape index (κ3) is 6.83. The maximum Gasteiger partial charge on any atom is 0.0462 e. The molecule has 0 saturated heterocycles. The van der Waals surface area contributed by atoms with Gasteiger partial charge in [-0.3, -0.25) is 0 Å². The van der Waals surface area contributed by atoms with Crippen LogP contribution in [0.15, 0.2) is 170 Å². The van der Waals surface area contributed by atoms with E-state index in [4.69, 9.17) is 0 Å². The number of hydrogen-bond acceptors (Lipinski definition) is 4. The Hall–Kier alpha value is -5.68. The van der Waals surface area contributed by atoms with E-state index in [1.165, 1.54) is 52.9 Å². The zero-order valence-corrected chi connectivity index (χ0v) is 31.5. The lowest BCUT2D eigenvalue weighted by Crippen LogP contribution is -2.10. The predicted molar refractivity (Wildman–Crippen MR) is 227 cm³/mol. The minimum Gasteiger partial charge on any atom is -0.311 e. The molecule has 0 unspecified atom stereocenters. The van der Waals surface area contributed by atoms with Crippen molar-refractivity contribution in [2.24, 2.45) is 0 Å². The van der Waals surface area contributed by atoms with Crippen molar-refractivity contribution >= 4 is 56.8 Å². The molecule has 0 saturated carbocycles. The van der Waals surface area contributed by atoms with Crippen molar-refractivity contribution in [3.05, 3.63) is 191 Å². The molecule has 6 aromatic carbocycles. The van der Waals surface area contributed by atoms with Gasteiger partial charge in [-0.1, -0.05) is 84.9 Å². The maximum absolute atomic E-state index is 2.33. The normalized spacial score (nSPS) is 11.1. The van der Waals surface area contributed by atoms with Crippen molar-refractivity contribution in [2.75, 3.05) is 9.80 Å². The van der Waals surface area contributed by atoms with E-state index in [9.17, 15) is 0 Å². The zero-order chi connectivity index (χ0) is 35.6. The Morgan fingerprint density at radius 1 is 0.308 bits per heavy atom. The summed E-state index contributed by atoms with van der Waals surface area (Å²) in [7, 11) is 0. The first-order valence-electron chi connectivity index (χ1n) is 17.7. The summed E-state index contributed by atoms with van der Waals surface area (Å²) < 4.78 is 0. The van der Waals surface area contributed by atoms with Gasteiger partial charge in [0.15, 0.2) is 0 Å². The average Bonchev–Trinajstić information content (AvgIpc) is 3.71. The Balaban J connectivity index is 1.08. The smallest absolute Gasteiger partial charge is 0.0462 e. The van der Waals surface area contributed by atoms with Crippen molar-refractivity contribution in [2.45, 2.75) is 27.7 Å². The van der Waals surface area contributed by atoms with Gasteiger partial charge in [-0.15, -0.1) is 22.7 Å². The molecule has 0 amide bonds. The van der Waals surface area contributed by atoms with Crippen LogP contribution in [0.2, 0.25) is 0 Å². The summed E-state index contributed by atoms with van der Waals surface area (Å²) in [5, 5.41) is 0. The molecule has 4 heteroatoms. The van der Waals surface area contributed by atoms with E-state index in [1.807, 2.05) is 22.7 Å². The topological polar surface area (TPSA) is 6.48 Å². The molecule has 0 bridgehead atoms. The van der Waals surface area contributed by atoms with Gasteiger partial charge in [0.25, 0.3) is 0 Å². The fourth-order valence-electron chi connectivity index (χ4n) is 7.03. The fourth-order valence-corrected chi connectivity index (χ4v) is 9.10. The van der Waals surface area contributed by atoms with Gasteiger partial charge in [0.1, 0.15) is 0 Å². The number of benzene rings is 6. The molecule has 0 fully saturated rings. The molecule has 2 aromatic heterocycles. The molecule has 8 rings (SSSR count). The zero-order valence-electron chi connectivity index (χ0n) is 29.9. The van der Waals surface area contributed by atoms with E-state index in [2.05, 4.69) is 207 Å². The van der Waals surface area contributed by atoms with Gasteiger partial charge in [-0.2, -0.15) is 0 Å². The third-order valence-corrected chi connectivity index (χ3v) is 11.9. The summed E-state index contributed by atoms with van der Waals surface area (Å²) in [6.07, 6.45) is 0. The summed E-state index contributed by atoms with van der Waals surface area (Å²) >= 11 is 3.72. The standard InChI is InChI=1S/C48H40N2S2/c1-33-31-35(3)51-47(33)39-19-27-45(28-20-39)49(41-11-7-5-8-12-41)43-23-15-37(16-24-43)38-17-25-44(26-18-38)50(42-13-9-6-10-14-42)46-29-21-40(22-30-46)48-34(2)32-36(4)52-48/h5-32H,1-4H3. The highest BCUT2D eigenvalue weighted by atomic mass is 32.1. The molecule has 0 aliphatic heterocycles. The lowest BCUT2D eigenvalue weighted by molar-refractivity contribution is 1.28. The number of nitrogens with zero attached hydrogens (tertiary/aromatic N) is 2. The number of thiophene rings is 2. The predicted octanol–water partition coefficient (Wildman–Crippen LogP) is 15.0. The van der Waals surface area contributed by atoms with Crippen LogP contribution in [-0.4, -0.2) is 0 Å². The van der Waals surface area contributed by atoms with E-state index < -0.39 is 0 Å². The summed E-state index contributed by atoms with van der Waals surface area (Å²) in [6.45, 7) is 8.75. The average molecular weight is 709 g/mol. The number of anilines is 6. The maximum atomic E-state index is 2.33. The van der Waals surface area contributed by atoms with Crippen molar-refractivity contribution in [3.8, 4) is 32.0 Å². The molecule has 8 aromatic rings. The SMILES string of the molecule is Cc1cc(C)c(-c2ccc(N(c3ccccc3)c3ccc(-c4ccc(N(c5ccccc5)c5ccc(-c6sc(C)cc6C)cc5)cc4)cc3)cc2)s1. The molecule has 0 radical (unpaired) electrons. The second-order valence-electron chi connectivity index (χ2n) is 13.3. The Kier molecular flexibility index (Phi) is 9.34. The Labute approximate surface area is 315 Å². The van der Waals surface area contributed by atoms with Crippen LogP contribution in [0.5, 0.6) is 0 Å². The second-order valence-corrected chi connectivity index (χ2v) is 15.8. The molecule has 254 valence electrons. The second kappa shape index (κ2) is 14.5. The fraction of sp³-hybridized carbons (Fsp3) is 0.0833. The molecule has 0 aliphatic carbocycles. The number of para-hydroxylation sites is 2. The lowest BCUT2D eigenvalue weighted by Gasteiger charge is -2.26. The van der Waals surface area contributed by atoms with Crippen molar-refractivity contribution in [3.63, 3.8) is 0 Å². The minimum absolute atomic E-state index is 1.12. The minimum atomic E-state index is 1.12. The highest BCUT2D eigenvalue weighted by Crippen LogP contribution is 2.40. The van der Waals surface area contributed by atoms with Gasteiger partial charge in [0.05, 0.1) is 0 Å². The van der Waals surface area contributed by atoms with Crippen LogP contribution in [0.3, 0.4) is 0 Å². The van der Waals surface area contributed by atoms with E-state index in [0.717, 1.165) is 34.1 Å². The first-order chi connectivity index (χ1) is 25.4. The van der Waals surface area contributed by atoms with Gasteiger partial charge in [-0.25, -0.2) is 0 Å². The van der Waals surface area contributed by atoms with E-state index >= 15 is 0 Å². The van der Waals surface area contributed by atoms with Gasteiger partial charge < -0.3 is 9.80 Å². The summed E-state index contributed by atoms with van der Waals surface area (Å²) in [5.74, 6) is 0. The molecular formula is C48H40N2S2. The van der Waals surface area contributed by atoms with Crippen LogP contribution < -0.4 is 9.80 Å². The number of hydrogen-bond donors (Lipinski definition) is 0. The lowest BCUT2D eigenvalue weighted by atomic mass is 10.0. The Morgan fingerprint density at radius 3 is 0.846 bits per heavy atom. The molecule has 0 atom stereocenters. The van der Waals surface area contributed by atoms with E-state index in [0.29, 0.717) is 0 Å². The molecular weight excluding hydrogens is 669 g/mol. The first kappa shape index (κ1) is 33.5. The van der Waals surface area contributed by atoms with Crippen LogP contribution in [0, 0.1) is 27.7 Å². The summed E-state index contributed by atoms with van der Waals surface area (Å²) in [4.78, 5) is 10.0. The van der Waals surface area contributed by atoms with Crippen LogP contribution in [0.1, 0.15) is 20.9 Å². The highest BCUT2D eigenvalue weighted by Gasteiger charge is 2.16. The molecule has 0 spiro atoms. The van der Waals surface area contributed by atoms with Crippen molar-refractivity contribution in [1.82, 2.24) is 0 Å². The van der Waals surface area contributed by atoms with Crippen molar-refractivity contribution < 1.29 is 0 Å². The van der Waals surface area contributed by atoms with Gasteiger partial charge in [-0.05, 0) is 146 Å². The molecule has 0 N–H and O–H groups in total. The van der Waals surface area contributed by atoms with Gasteiger partial charge in [0, 0.05) is 53.6 Å². The van der Waals surface area contributed by atoms with Crippen LogP contribution in [0.4, 0.5) is 34.1 Å². The quantitative estimate of drug-likeness (QED) is 0.147. The Morgan fingerprint density at radius 2 is 0.577 bits per heavy atom. The molecule has 2 nitrogen and oxygen atoms in total. The first-order valence-corrected chi connectivity index (χ1v) is 19.3. The molecule has 2 heterocycles. The van der Waals surface area contributed by atoms with Gasteiger partial charge >= 0.3 is 0 Å². The highest BCUT2D eigenvalue weighted by molar-refractivity contribution is 7.16. The number of rotatable bonds is 9. The largest absolute Gasteiger partial charge is 0.311 e. The molecule has 52 heavy (non-hydrogen) atoms. The van der Waals surface area contributed by atoms with E-state index in [-0.39, 0.29) is 0 Å². The summed E-state index contributed by atoms with van der Waals surface area (Å²) in [6, 6.07) is 61.5. The third-order valence-electron chi connectivity index (χ3n) is 9.47. The Bertz CT molecular complexity index is 2230. The summed E-state index contributed by atoms with van der Waals surface area (Å²) in [5.41, 5.74) is 14.3. The van der Waals surface area contributed by atoms with E-state index in [1.54, 1.807) is 0 Å². The van der Waals surface area contributed by atoms with Crippen molar-refractivity contribution in [1.29, 1.82) is 0 Å². The van der Waals surface area contributed by atoms with Crippen LogP contribution >= 0.6 is 22.7 Å². The van der Waals surface area contributed by atoms with Gasteiger partial charge in [0.2, 0.25) is 0 Å². The van der Waals surface area contributed by atoms with Crippen LogP contribution in [-0.2, 0) is 0 Å². The monoisotopic (exact) mass is 708 g/mol. The van der Waals surface area contributed by atoms with Crippen LogP contribution in [0.25, 0.3) is 32.0 Å². The number of aryl methyl sites for hydroxylation is 4. The molecule has 0 aliphatic rings.